The fraction of sp³-hybridized carbons (Fsp3) is 0.632. The molecule has 1 atom stereocenters. The number of aromatic amines is 1. The first-order chi connectivity index (χ1) is 15.2. The van der Waals surface area contributed by atoms with Gasteiger partial charge in [-0.2, -0.15) is 22.5 Å². The molecule has 34 heavy (non-hydrogen) atoms. The molecule has 0 aliphatic heterocycles. The Morgan fingerprint density at radius 2 is 1.82 bits per heavy atom. The number of halogens is 6. The van der Waals surface area contributed by atoms with Gasteiger partial charge in [0.25, 0.3) is 17.6 Å². The van der Waals surface area contributed by atoms with Crippen LogP contribution in [0.2, 0.25) is 0 Å². The molecule has 0 saturated heterocycles. The van der Waals surface area contributed by atoms with E-state index in [0.717, 1.165) is 26.2 Å². The lowest BCUT2D eigenvalue weighted by Gasteiger charge is -2.05. The first kappa shape index (κ1) is 35.8. The fourth-order valence-electron chi connectivity index (χ4n) is 1.82. The third kappa shape index (κ3) is 18.8. The lowest BCUT2D eigenvalue weighted by atomic mass is 10.2. The number of Topliss-reactive ketones (excluding diaryl/α,β-unsaturated/α-hetero) is 1. The predicted octanol–water partition coefficient (Wildman–Crippen LogP) is 3.51. The van der Waals surface area contributed by atoms with Crippen molar-refractivity contribution in [2.45, 2.75) is 71.6 Å². The van der Waals surface area contributed by atoms with E-state index in [0.29, 0.717) is 5.84 Å². The zero-order valence-corrected chi connectivity index (χ0v) is 19.7. The monoisotopic (exact) mass is 524 g/mol. The van der Waals surface area contributed by atoms with Gasteiger partial charge in [0.15, 0.2) is 5.78 Å². The molecule has 198 valence electrons. The first-order valence-electron chi connectivity index (χ1n) is 9.84. The molecule has 0 fully saturated rings. The van der Waals surface area contributed by atoms with E-state index in [1.807, 2.05) is 4.98 Å². The van der Waals surface area contributed by atoms with Crippen LogP contribution >= 0.6 is 12.4 Å². The van der Waals surface area contributed by atoms with E-state index >= 15 is 0 Å². The van der Waals surface area contributed by atoms with Crippen LogP contribution in [0.25, 0.3) is 0 Å². The summed E-state index contributed by atoms with van der Waals surface area (Å²) in [6.07, 6.45) is -4.98. The number of hydrogen-bond donors (Lipinski definition) is 4. The lowest BCUT2D eigenvalue weighted by Crippen LogP contribution is -2.25. The number of ketones is 1. The van der Waals surface area contributed by atoms with Crippen LogP contribution in [0.3, 0.4) is 0 Å². The number of nitrogens with two attached hydrogens (primary N) is 1. The van der Waals surface area contributed by atoms with Crippen LogP contribution in [0.5, 0.6) is 5.88 Å². The number of alkyl halides is 4. The van der Waals surface area contributed by atoms with Crippen LogP contribution in [-0.2, 0) is 20.7 Å². The highest BCUT2D eigenvalue weighted by molar-refractivity contribution is 6.00. The predicted molar refractivity (Wildman–Crippen MR) is 116 cm³/mol. The highest BCUT2D eigenvalue weighted by atomic mass is 35.5. The quantitative estimate of drug-likeness (QED) is 0.126. The molecule has 0 aliphatic carbocycles. The van der Waals surface area contributed by atoms with Gasteiger partial charge in [-0.3, -0.25) is 15.0 Å². The first-order valence-corrected chi connectivity index (χ1v) is 9.84. The van der Waals surface area contributed by atoms with Crippen molar-refractivity contribution in [3.8, 4) is 5.88 Å². The highest BCUT2D eigenvalue weighted by Crippen LogP contribution is 2.22. The molecule has 1 aromatic heterocycles. The van der Waals surface area contributed by atoms with E-state index in [1.165, 1.54) is 0 Å². The number of aryl methyl sites for hydroxylation is 1. The van der Waals surface area contributed by atoms with Crippen LogP contribution < -0.4 is 11.3 Å². The van der Waals surface area contributed by atoms with Crippen LogP contribution in [0.4, 0.5) is 22.0 Å². The molecule has 15 heteroatoms. The van der Waals surface area contributed by atoms with Gasteiger partial charge in [0.1, 0.15) is 5.82 Å². The Labute approximate surface area is 199 Å². The molecule has 0 aromatic carbocycles. The van der Waals surface area contributed by atoms with Crippen LogP contribution in [0.15, 0.2) is 4.79 Å². The van der Waals surface area contributed by atoms with E-state index in [9.17, 15) is 36.3 Å². The highest BCUT2D eigenvalue weighted by Gasteiger charge is 2.26. The van der Waals surface area contributed by atoms with Gasteiger partial charge in [0.05, 0.1) is 12.4 Å². The topological polar surface area (TPSA) is 159 Å². The summed E-state index contributed by atoms with van der Waals surface area (Å²) in [5, 5.41) is 15.6. The average molecular weight is 525 g/mol. The van der Waals surface area contributed by atoms with E-state index in [1.54, 1.807) is 6.92 Å². The summed E-state index contributed by atoms with van der Waals surface area (Å²) < 4.78 is 64.4. The van der Waals surface area contributed by atoms with Gasteiger partial charge in [0.2, 0.25) is 5.82 Å². The second kappa shape index (κ2) is 18.6. The Morgan fingerprint density at radius 1 is 1.26 bits per heavy atom. The fourth-order valence-corrected chi connectivity index (χ4v) is 1.82. The number of ether oxygens (including phenoxy) is 1. The number of rotatable bonds is 9. The second-order valence-corrected chi connectivity index (χ2v) is 6.47. The van der Waals surface area contributed by atoms with Crippen molar-refractivity contribution in [3.63, 3.8) is 0 Å². The summed E-state index contributed by atoms with van der Waals surface area (Å²) in [6.45, 7) is 4.72. The van der Waals surface area contributed by atoms with Crippen molar-refractivity contribution in [1.29, 1.82) is 5.41 Å². The van der Waals surface area contributed by atoms with Gasteiger partial charge in [0, 0.05) is 19.3 Å². The van der Waals surface area contributed by atoms with Gasteiger partial charge < -0.3 is 20.6 Å². The Kier molecular flexibility index (Phi) is 19.6. The average Bonchev–Trinajstić information content (AvgIpc) is 2.69. The number of hydrogen-bond acceptors (Lipinski definition) is 7. The van der Waals surface area contributed by atoms with Crippen molar-refractivity contribution in [1.82, 2.24) is 9.97 Å². The van der Waals surface area contributed by atoms with Crippen molar-refractivity contribution in [3.05, 3.63) is 22.0 Å². The minimum absolute atomic E-state index is 0. The van der Waals surface area contributed by atoms with Gasteiger partial charge >= 0.3 is 12.1 Å². The number of unbranched alkanes of at least 4 members (excludes halogenated alkanes) is 1. The molecule has 1 heterocycles. The summed E-state index contributed by atoms with van der Waals surface area (Å²) >= 11 is 0. The minimum Gasteiger partial charge on any atom is -0.491 e. The molecule has 1 aromatic rings. The van der Waals surface area contributed by atoms with Gasteiger partial charge in [-0.05, 0) is 26.7 Å². The standard InChI is InChI=1S/C8H8F4N2O2.C6H9FO3.C5H12N2.ClH/c9-5-6(15)13-4(14-7(5)16)2-1-3-8(10,11)12;1-3-10-6(9)5(7)4(2)8;1-2-3-4-5(6)7;/h1-3H2,(H2,13,14,15,16);5H,3H2,1-2H3;2-4H2,1H3,(H3,6,7);1H. The third-order valence-corrected chi connectivity index (χ3v) is 3.42. The second-order valence-electron chi connectivity index (χ2n) is 6.47. The van der Waals surface area contributed by atoms with Crippen LogP contribution in [-0.4, -0.2) is 51.6 Å². The number of H-pyrrole nitrogens is 1. The van der Waals surface area contributed by atoms with Gasteiger partial charge in [-0.15, -0.1) is 12.4 Å². The lowest BCUT2D eigenvalue weighted by molar-refractivity contribution is -0.152. The van der Waals surface area contributed by atoms with Crippen LogP contribution in [0, 0.1) is 11.2 Å². The minimum atomic E-state index is -4.29. The smallest absolute Gasteiger partial charge is 0.389 e. The van der Waals surface area contributed by atoms with Crippen molar-refractivity contribution in [2.75, 3.05) is 6.61 Å². The molecule has 0 spiro atoms. The summed E-state index contributed by atoms with van der Waals surface area (Å²) in [4.78, 5) is 36.5. The van der Waals surface area contributed by atoms with Crippen LogP contribution in [0.1, 0.15) is 58.7 Å². The number of amidine groups is 1. The molecule has 9 nitrogen and oxygen atoms in total. The summed E-state index contributed by atoms with van der Waals surface area (Å²) in [5.74, 6) is -4.34. The summed E-state index contributed by atoms with van der Waals surface area (Å²) in [7, 11) is 0. The number of esters is 1. The maximum Gasteiger partial charge on any atom is 0.389 e. The number of aromatic hydroxyl groups is 1. The van der Waals surface area contributed by atoms with E-state index in [-0.39, 0.29) is 37.7 Å². The van der Waals surface area contributed by atoms with E-state index in [4.69, 9.17) is 16.2 Å². The maximum absolute atomic E-state index is 12.6. The number of nitrogens with zero attached hydrogens (tertiary/aromatic N) is 1. The Hall–Kier alpha value is -2.77. The summed E-state index contributed by atoms with van der Waals surface area (Å²) in [6, 6.07) is 0. The molecular weight excluding hydrogens is 495 g/mol. The summed E-state index contributed by atoms with van der Waals surface area (Å²) in [5.41, 5.74) is 3.86. The molecule has 0 aliphatic rings. The SMILES string of the molecule is CCCCC(=N)N.CCOC(=O)C(F)C(C)=O.Cl.O=c1[nH]c(CCCC(F)(F)F)nc(O)c1F. The Balaban J connectivity index is -0.000000461. The zero-order chi connectivity index (χ0) is 26.2. The van der Waals surface area contributed by atoms with Crippen molar-refractivity contribution >= 4 is 30.0 Å². The van der Waals surface area contributed by atoms with Gasteiger partial charge in [-0.1, -0.05) is 13.3 Å². The number of carbonyl (C=O) groups excluding carboxylic acids is 2. The molecule has 5 N–H and O–H groups in total. The zero-order valence-electron chi connectivity index (χ0n) is 18.9. The Bertz CT molecular complexity index is 821. The molecular formula is C19H30ClF5N4O5. The van der Waals surface area contributed by atoms with Crippen molar-refractivity contribution < 1.29 is 41.4 Å². The number of carbonyl (C=O) groups is 2. The van der Waals surface area contributed by atoms with Gasteiger partial charge in [-0.25, -0.2) is 9.18 Å². The molecule has 1 unspecified atom stereocenters. The largest absolute Gasteiger partial charge is 0.491 e. The Morgan fingerprint density at radius 3 is 2.18 bits per heavy atom. The molecule has 1 rings (SSSR count). The molecule has 0 bridgehead atoms. The maximum atomic E-state index is 12.6. The van der Waals surface area contributed by atoms with Crippen molar-refractivity contribution in [2.24, 2.45) is 5.73 Å². The molecule has 0 radical (unpaired) electrons. The normalized spacial score (nSPS) is 10.9. The van der Waals surface area contributed by atoms with E-state index < -0.39 is 47.8 Å². The molecule has 0 amide bonds. The number of nitrogens with one attached hydrogen (secondary N) is 2. The number of aromatic nitrogens is 2. The van der Waals surface area contributed by atoms with E-state index in [2.05, 4.69) is 16.6 Å². The molecule has 0 saturated carbocycles. The third-order valence-electron chi connectivity index (χ3n) is 3.42.